The average molecular weight is 287 g/mol. The second-order valence-electron chi connectivity index (χ2n) is 6.76. The zero-order chi connectivity index (χ0) is 15.4. The standard InChI is InChI=1S/C20H17NO/c1-19(13-21)12-20(15-10-6-3-7-11-15)16(17(20)18(19)22)14-8-4-2-5-9-14/h2-11,16-17H,12H2,1H3/t16-,17-,19+,20+/m0/s1. The van der Waals surface area contributed by atoms with Crippen molar-refractivity contribution in [3.63, 3.8) is 0 Å². The van der Waals surface area contributed by atoms with Gasteiger partial charge in [-0.3, -0.25) is 4.79 Å². The number of benzene rings is 2. The molecule has 2 aromatic rings. The molecule has 0 bridgehead atoms. The van der Waals surface area contributed by atoms with Gasteiger partial charge in [-0.15, -0.1) is 0 Å². The van der Waals surface area contributed by atoms with E-state index < -0.39 is 5.41 Å². The van der Waals surface area contributed by atoms with E-state index in [1.165, 1.54) is 11.1 Å². The highest BCUT2D eigenvalue weighted by molar-refractivity contribution is 5.99. The van der Waals surface area contributed by atoms with Crippen LogP contribution in [0.2, 0.25) is 0 Å². The van der Waals surface area contributed by atoms with Crippen LogP contribution in [0.25, 0.3) is 0 Å². The van der Waals surface area contributed by atoms with E-state index in [4.69, 9.17) is 0 Å². The van der Waals surface area contributed by atoms with Crippen molar-refractivity contribution in [2.75, 3.05) is 0 Å². The highest BCUT2D eigenvalue weighted by Crippen LogP contribution is 2.75. The van der Waals surface area contributed by atoms with Gasteiger partial charge in [0.1, 0.15) is 5.41 Å². The minimum absolute atomic E-state index is 0.0538. The molecular weight excluding hydrogens is 270 g/mol. The Morgan fingerprint density at radius 1 is 1.00 bits per heavy atom. The minimum atomic E-state index is -0.841. The number of fused-ring (bicyclic) bond motifs is 1. The normalized spacial score (nSPS) is 35.7. The molecule has 2 aliphatic rings. The van der Waals surface area contributed by atoms with Crippen molar-refractivity contribution in [3.8, 4) is 6.07 Å². The third-order valence-corrected chi connectivity index (χ3v) is 5.52. The van der Waals surface area contributed by atoms with Crippen molar-refractivity contribution in [2.24, 2.45) is 11.3 Å². The van der Waals surface area contributed by atoms with Gasteiger partial charge in [0.05, 0.1) is 6.07 Å². The molecule has 108 valence electrons. The monoisotopic (exact) mass is 287 g/mol. The van der Waals surface area contributed by atoms with Crippen molar-refractivity contribution in [1.82, 2.24) is 0 Å². The maximum atomic E-state index is 12.8. The number of nitrogens with zero attached hydrogens (tertiary/aromatic N) is 1. The van der Waals surface area contributed by atoms with E-state index in [0.29, 0.717) is 6.42 Å². The van der Waals surface area contributed by atoms with Gasteiger partial charge < -0.3 is 0 Å². The molecule has 0 saturated heterocycles. The van der Waals surface area contributed by atoms with Crippen LogP contribution in [0, 0.1) is 22.7 Å². The summed E-state index contributed by atoms with van der Waals surface area (Å²) in [5.74, 6) is 0.277. The molecule has 2 saturated carbocycles. The lowest BCUT2D eigenvalue weighted by Crippen LogP contribution is -2.25. The Morgan fingerprint density at radius 3 is 2.18 bits per heavy atom. The van der Waals surface area contributed by atoms with Crippen LogP contribution in [0.3, 0.4) is 0 Å². The Balaban J connectivity index is 1.85. The van der Waals surface area contributed by atoms with Crippen molar-refractivity contribution >= 4 is 5.78 Å². The van der Waals surface area contributed by atoms with E-state index in [1.54, 1.807) is 6.92 Å². The molecule has 0 radical (unpaired) electrons. The van der Waals surface area contributed by atoms with Crippen LogP contribution < -0.4 is 0 Å². The van der Waals surface area contributed by atoms with Gasteiger partial charge in [0.2, 0.25) is 0 Å². The molecule has 2 aromatic carbocycles. The SMILES string of the molecule is C[C@]1(C#N)C[C@]2(c3ccccc3)[C@H](C1=O)[C@@H]2c1ccccc1. The van der Waals surface area contributed by atoms with Crippen molar-refractivity contribution in [2.45, 2.75) is 24.7 Å². The third kappa shape index (κ3) is 1.51. The second-order valence-corrected chi connectivity index (χ2v) is 6.76. The topological polar surface area (TPSA) is 40.9 Å². The Morgan fingerprint density at radius 2 is 1.59 bits per heavy atom. The first kappa shape index (κ1) is 13.3. The fraction of sp³-hybridized carbons (Fsp3) is 0.300. The third-order valence-electron chi connectivity index (χ3n) is 5.52. The van der Waals surface area contributed by atoms with Gasteiger partial charge in [0.25, 0.3) is 0 Å². The quantitative estimate of drug-likeness (QED) is 0.842. The predicted octanol–water partition coefficient (Wildman–Crippen LogP) is 3.84. The maximum Gasteiger partial charge on any atom is 0.157 e. The molecule has 4 atom stereocenters. The van der Waals surface area contributed by atoms with Crippen molar-refractivity contribution in [1.29, 1.82) is 5.26 Å². The molecule has 0 unspecified atom stereocenters. The summed E-state index contributed by atoms with van der Waals surface area (Å²) in [5, 5.41) is 9.48. The molecule has 0 heterocycles. The summed E-state index contributed by atoms with van der Waals surface area (Å²) in [7, 11) is 0. The van der Waals surface area contributed by atoms with Gasteiger partial charge >= 0.3 is 0 Å². The Kier molecular flexibility index (Phi) is 2.60. The van der Waals surface area contributed by atoms with E-state index in [2.05, 4.69) is 30.3 Å². The minimum Gasteiger partial charge on any atom is -0.298 e. The fourth-order valence-corrected chi connectivity index (χ4v) is 4.51. The molecule has 0 aliphatic heterocycles. The largest absolute Gasteiger partial charge is 0.298 e. The van der Waals surface area contributed by atoms with Gasteiger partial charge in [-0.25, -0.2) is 0 Å². The average Bonchev–Trinajstić information content (AvgIpc) is 3.17. The number of ketones is 1. The van der Waals surface area contributed by atoms with Crippen LogP contribution in [0.15, 0.2) is 60.7 Å². The first-order valence-corrected chi connectivity index (χ1v) is 7.69. The summed E-state index contributed by atoms with van der Waals surface area (Å²) >= 11 is 0. The summed E-state index contributed by atoms with van der Waals surface area (Å²) in [6, 6.07) is 22.8. The summed E-state index contributed by atoms with van der Waals surface area (Å²) in [4.78, 5) is 12.8. The lowest BCUT2D eigenvalue weighted by atomic mass is 9.77. The summed E-state index contributed by atoms with van der Waals surface area (Å²) in [6.45, 7) is 1.80. The second kappa shape index (κ2) is 4.30. The lowest BCUT2D eigenvalue weighted by Gasteiger charge is -2.22. The number of nitriles is 1. The van der Waals surface area contributed by atoms with Gasteiger partial charge in [-0.05, 0) is 24.5 Å². The van der Waals surface area contributed by atoms with Crippen LogP contribution in [0.1, 0.15) is 30.4 Å². The molecule has 0 N–H and O–H groups in total. The van der Waals surface area contributed by atoms with E-state index in [9.17, 15) is 10.1 Å². The van der Waals surface area contributed by atoms with Gasteiger partial charge in [0, 0.05) is 17.3 Å². The number of carbonyl (C=O) groups excluding carboxylic acids is 1. The van der Waals surface area contributed by atoms with Crippen LogP contribution in [0.5, 0.6) is 0 Å². The predicted molar refractivity (Wildman–Crippen MR) is 84.1 cm³/mol. The van der Waals surface area contributed by atoms with Crippen LogP contribution in [-0.2, 0) is 10.2 Å². The van der Waals surface area contributed by atoms with Gasteiger partial charge in [-0.2, -0.15) is 5.26 Å². The van der Waals surface area contributed by atoms with Crippen LogP contribution in [0.4, 0.5) is 0 Å². The number of hydrogen-bond acceptors (Lipinski definition) is 2. The molecule has 2 heteroatoms. The molecule has 4 rings (SSSR count). The number of rotatable bonds is 2. The molecule has 2 aliphatic carbocycles. The molecule has 0 amide bonds. The number of hydrogen-bond donors (Lipinski definition) is 0. The van der Waals surface area contributed by atoms with Gasteiger partial charge in [-0.1, -0.05) is 60.7 Å². The molecule has 0 spiro atoms. The summed E-state index contributed by atoms with van der Waals surface area (Å²) in [6.07, 6.45) is 0.629. The summed E-state index contributed by atoms with van der Waals surface area (Å²) < 4.78 is 0. The number of Topliss-reactive ketones (excluding diaryl/α,β-unsaturated/α-hetero) is 1. The molecule has 0 aromatic heterocycles. The fourth-order valence-electron chi connectivity index (χ4n) is 4.51. The highest BCUT2D eigenvalue weighted by atomic mass is 16.1. The van der Waals surface area contributed by atoms with Crippen molar-refractivity contribution < 1.29 is 4.79 Å². The Labute approximate surface area is 130 Å². The van der Waals surface area contributed by atoms with Crippen LogP contribution >= 0.6 is 0 Å². The molecule has 22 heavy (non-hydrogen) atoms. The van der Waals surface area contributed by atoms with Crippen molar-refractivity contribution in [3.05, 3.63) is 71.8 Å². The highest BCUT2D eigenvalue weighted by Gasteiger charge is 2.77. The van der Waals surface area contributed by atoms with E-state index in [1.807, 2.05) is 36.4 Å². The molecule has 2 nitrogen and oxygen atoms in total. The zero-order valence-electron chi connectivity index (χ0n) is 12.5. The zero-order valence-corrected chi connectivity index (χ0v) is 12.5. The summed E-state index contributed by atoms with van der Waals surface area (Å²) in [5.41, 5.74) is 1.38. The van der Waals surface area contributed by atoms with Gasteiger partial charge in [0.15, 0.2) is 5.78 Å². The first-order chi connectivity index (χ1) is 10.6. The van der Waals surface area contributed by atoms with E-state index >= 15 is 0 Å². The van der Waals surface area contributed by atoms with E-state index in [0.717, 1.165) is 0 Å². The lowest BCUT2D eigenvalue weighted by molar-refractivity contribution is -0.124. The van der Waals surface area contributed by atoms with E-state index in [-0.39, 0.29) is 23.0 Å². The smallest absolute Gasteiger partial charge is 0.157 e. The maximum absolute atomic E-state index is 12.8. The number of carbonyl (C=O) groups is 1. The molecule has 2 fully saturated rings. The van der Waals surface area contributed by atoms with Crippen LogP contribution in [-0.4, -0.2) is 5.78 Å². The molecular formula is C20H17NO. The first-order valence-electron chi connectivity index (χ1n) is 7.69. The Bertz CT molecular complexity index is 776. The Hall–Kier alpha value is -2.40.